The predicted molar refractivity (Wildman–Crippen MR) is 90.1 cm³/mol. The van der Waals surface area contributed by atoms with E-state index in [2.05, 4.69) is 9.88 Å². The first-order chi connectivity index (χ1) is 11.7. The third-order valence-electron chi connectivity index (χ3n) is 4.13. The Morgan fingerprint density at radius 2 is 1.79 bits per heavy atom. The average Bonchev–Trinajstić information content (AvgIpc) is 2.67. The van der Waals surface area contributed by atoms with E-state index in [0.717, 1.165) is 5.69 Å². The summed E-state index contributed by atoms with van der Waals surface area (Å²) >= 11 is 0. The molecule has 0 spiro atoms. The molecule has 1 fully saturated rings. The number of nitrogens with zero attached hydrogens (tertiary/aromatic N) is 3. The Hall–Kier alpha value is -2.89. The normalized spacial score (nSPS) is 14.4. The van der Waals surface area contributed by atoms with E-state index in [0.29, 0.717) is 37.3 Å². The topological polar surface area (TPSA) is 62.7 Å². The summed E-state index contributed by atoms with van der Waals surface area (Å²) in [6, 6.07) is 10.9. The molecule has 0 unspecified atom stereocenters. The summed E-state index contributed by atoms with van der Waals surface area (Å²) in [4.78, 5) is 32.3. The molecule has 0 radical (unpaired) electrons. The van der Waals surface area contributed by atoms with E-state index in [-0.39, 0.29) is 11.9 Å². The maximum atomic E-state index is 12.5. The average molecular weight is 325 g/mol. The van der Waals surface area contributed by atoms with Crippen molar-refractivity contribution in [2.45, 2.75) is 0 Å². The molecule has 124 valence electrons. The molecule has 1 aliphatic rings. The van der Waals surface area contributed by atoms with Crippen LogP contribution in [0.4, 0.5) is 5.69 Å². The zero-order valence-corrected chi connectivity index (χ0v) is 13.5. The number of rotatable bonds is 3. The fourth-order valence-corrected chi connectivity index (χ4v) is 2.85. The molecule has 3 rings (SSSR count). The Bertz CT molecular complexity index is 725. The highest BCUT2D eigenvalue weighted by Crippen LogP contribution is 2.23. The van der Waals surface area contributed by atoms with Crippen molar-refractivity contribution in [2.24, 2.45) is 0 Å². The number of hydrogen-bond acceptors (Lipinski definition) is 5. The summed E-state index contributed by atoms with van der Waals surface area (Å²) in [6.07, 6.45) is 3.24. The van der Waals surface area contributed by atoms with Gasteiger partial charge in [0.15, 0.2) is 0 Å². The Labute approximate surface area is 140 Å². The number of methoxy groups -OCH3 is 1. The Morgan fingerprint density at radius 1 is 1.04 bits per heavy atom. The summed E-state index contributed by atoms with van der Waals surface area (Å²) in [6.45, 7) is 2.53. The first kappa shape index (κ1) is 16.0. The lowest BCUT2D eigenvalue weighted by atomic mass is 10.1. The van der Waals surface area contributed by atoms with Gasteiger partial charge in [-0.15, -0.1) is 0 Å². The van der Waals surface area contributed by atoms with E-state index in [1.165, 1.54) is 7.11 Å². The van der Waals surface area contributed by atoms with Gasteiger partial charge < -0.3 is 14.5 Å². The van der Waals surface area contributed by atoms with Crippen LogP contribution in [0.1, 0.15) is 20.7 Å². The molecule has 24 heavy (non-hydrogen) atoms. The Kier molecular flexibility index (Phi) is 4.74. The van der Waals surface area contributed by atoms with Crippen LogP contribution in [0.5, 0.6) is 0 Å². The van der Waals surface area contributed by atoms with Crippen molar-refractivity contribution in [3.05, 3.63) is 59.9 Å². The number of piperazine rings is 1. The van der Waals surface area contributed by atoms with Crippen molar-refractivity contribution in [3.63, 3.8) is 0 Å². The van der Waals surface area contributed by atoms with Crippen LogP contribution in [0.15, 0.2) is 48.8 Å². The van der Waals surface area contributed by atoms with Crippen molar-refractivity contribution in [1.82, 2.24) is 9.88 Å². The third-order valence-corrected chi connectivity index (χ3v) is 4.13. The molecular weight excluding hydrogens is 306 g/mol. The molecule has 1 aliphatic heterocycles. The minimum absolute atomic E-state index is 0.0102. The highest BCUT2D eigenvalue weighted by Gasteiger charge is 2.24. The van der Waals surface area contributed by atoms with Gasteiger partial charge in [-0.2, -0.15) is 0 Å². The zero-order valence-electron chi connectivity index (χ0n) is 13.5. The minimum Gasteiger partial charge on any atom is -0.465 e. The van der Waals surface area contributed by atoms with Crippen molar-refractivity contribution < 1.29 is 14.3 Å². The number of esters is 1. The fourth-order valence-electron chi connectivity index (χ4n) is 2.85. The van der Waals surface area contributed by atoms with Crippen molar-refractivity contribution in [2.75, 3.05) is 38.2 Å². The van der Waals surface area contributed by atoms with Gasteiger partial charge in [-0.25, -0.2) is 4.79 Å². The van der Waals surface area contributed by atoms with Gasteiger partial charge in [0, 0.05) is 38.6 Å². The summed E-state index contributed by atoms with van der Waals surface area (Å²) < 4.78 is 4.85. The molecule has 0 saturated carbocycles. The summed E-state index contributed by atoms with van der Waals surface area (Å²) in [5.74, 6) is -0.358. The van der Waals surface area contributed by atoms with Crippen LogP contribution in [0.25, 0.3) is 0 Å². The first-order valence-electron chi connectivity index (χ1n) is 7.82. The van der Waals surface area contributed by atoms with Crippen molar-refractivity contribution >= 4 is 17.6 Å². The fraction of sp³-hybridized carbons (Fsp3) is 0.278. The van der Waals surface area contributed by atoms with Gasteiger partial charge in [0.25, 0.3) is 5.91 Å². The summed E-state index contributed by atoms with van der Waals surface area (Å²) in [5, 5.41) is 0. The van der Waals surface area contributed by atoms with Gasteiger partial charge in [0.1, 0.15) is 0 Å². The molecule has 0 bridgehead atoms. The smallest absolute Gasteiger partial charge is 0.339 e. The van der Waals surface area contributed by atoms with Crippen LogP contribution in [-0.4, -0.2) is 55.0 Å². The first-order valence-corrected chi connectivity index (χ1v) is 7.82. The van der Waals surface area contributed by atoms with Crippen LogP contribution in [0.3, 0.4) is 0 Å². The highest BCUT2D eigenvalue weighted by molar-refractivity contribution is 5.96. The van der Waals surface area contributed by atoms with Gasteiger partial charge in [0.05, 0.1) is 23.9 Å². The number of hydrogen-bond donors (Lipinski definition) is 0. The third kappa shape index (κ3) is 3.22. The lowest BCUT2D eigenvalue weighted by Crippen LogP contribution is -2.49. The molecule has 2 aromatic rings. The Balaban J connectivity index is 1.70. The number of aromatic nitrogens is 1. The molecule has 0 aliphatic carbocycles. The number of ether oxygens (including phenoxy) is 1. The van der Waals surface area contributed by atoms with Gasteiger partial charge in [0.2, 0.25) is 0 Å². The number of anilines is 1. The van der Waals surface area contributed by atoms with Crippen LogP contribution in [0, 0.1) is 0 Å². The highest BCUT2D eigenvalue weighted by atomic mass is 16.5. The quantitative estimate of drug-likeness (QED) is 0.806. The number of pyridine rings is 1. The standard InChI is InChI=1S/C18H19N3O3/c1-24-18(23)15-6-2-3-7-16(15)20-9-11-21(12-10-20)17(22)14-5-4-8-19-13-14/h2-8,13H,9-12H2,1H3. The summed E-state index contributed by atoms with van der Waals surface area (Å²) in [7, 11) is 1.38. The van der Waals surface area contributed by atoms with Crippen molar-refractivity contribution in [1.29, 1.82) is 0 Å². The lowest BCUT2D eigenvalue weighted by Gasteiger charge is -2.36. The van der Waals surface area contributed by atoms with Gasteiger partial charge in [-0.1, -0.05) is 12.1 Å². The lowest BCUT2D eigenvalue weighted by molar-refractivity contribution is 0.0600. The van der Waals surface area contributed by atoms with Gasteiger partial charge in [-0.3, -0.25) is 9.78 Å². The molecule has 1 aromatic heterocycles. The maximum absolute atomic E-state index is 12.5. The monoisotopic (exact) mass is 325 g/mol. The van der Waals surface area contributed by atoms with Crippen LogP contribution in [0.2, 0.25) is 0 Å². The van der Waals surface area contributed by atoms with Crippen LogP contribution in [-0.2, 0) is 4.74 Å². The molecule has 0 N–H and O–H groups in total. The van der Waals surface area contributed by atoms with Crippen molar-refractivity contribution in [3.8, 4) is 0 Å². The zero-order chi connectivity index (χ0) is 16.9. The second-order valence-corrected chi connectivity index (χ2v) is 5.53. The number of benzene rings is 1. The molecule has 1 saturated heterocycles. The van der Waals surface area contributed by atoms with E-state index < -0.39 is 0 Å². The molecule has 1 amide bonds. The molecule has 6 heteroatoms. The van der Waals surface area contributed by atoms with Crippen LogP contribution < -0.4 is 4.90 Å². The molecule has 0 atom stereocenters. The molecule has 2 heterocycles. The molecule has 1 aromatic carbocycles. The van der Waals surface area contributed by atoms with E-state index in [4.69, 9.17) is 4.74 Å². The SMILES string of the molecule is COC(=O)c1ccccc1N1CCN(C(=O)c2cccnc2)CC1. The maximum Gasteiger partial charge on any atom is 0.339 e. The second-order valence-electron chi connectivity index (χ2n) is 5.53. The van der Waals surface area contributed by atoms with E-state index >= 15 is 0 Å². The number of amides is 1. The van der Waals surface area contributed by atoms with E-state index in [9.17, 15) is 9.59 Å². The molecular formula is C18H19N3O3. The predicted octanol–water partition coefficient (Wildman–Crippen LogP) is 1.83. The van der Waals surface area contributed by atoms with E-state index in [1.807, 2.05) is 23.1 Å². The van der Waals surface area contributed by atoms with Gasteiger partial charge in [-0.05, 0) is 24.3 Å². The number of carbonyl (C=O) groups is 2. The number of para-hydroxylation sites is 1. The van der Waals surface area contributed by atoms with E-state index in [1.54, 1.807) is 30.6 Å². The molecule has 6 nitrogen and oxygen atoms in total. The second kappa shape index (κ2) is 7.12. The minimum atomic E-state index is -0.348. The van der Waals surface area contributed by atoms with Crippen LogP contribution >= 0.6 is 0 Å². The largest absolute Gasteiger partial charge is 0.465 e. The number of carbonyl (C=O) groups excluding carboxylic acids is 2. The van der Waals surface area contributed by atoms with Gasteiger partial charge >= 0.3 is 5.97 Å². The Morgan fingerprint density at radius 3 is 2.46 bits per heavy atom. The summed E-state index contributed by atoms with van der Waals surface area (Å²) in [5.41, 5.74) is 1.99.